The summed E-state index contributed by atoms with van der Waals surface area (Å²) in [6.45, 7) is 1.40. The molecule has 0 atom stereocenters. The number of rotatable bonds is 4. The Labute approximate surface area is 109 Å². The molecule has 3 aromatic rings. The fraction of sp³-hybridized carbons (Fsp3) is 0.231. The number of aryl methyl sites for hydroxylation is 2. The van der Waals surface area contributed by atoms with Gasteiger partial charge in [-0.2, -0.15) is 5.10 Å². The standard InChI is InChI=1S/C13H13N5O/c19-13-11-4-1-5-14-12(11)15-10-17(13)7-3-9-18-8-2-6-16-18/h1-2,4-6,8,10H,3,7,9H2. The van der Waals surface area contributed by atoms with Crippen molar-refractivity contribution in [1.82, 2.24) is 24.3 Å². The molecule has 6 nitrogen and oxygen atoms in total. The molecule has 0 N–H and O–H groups in total. The van der Waals surface area contributed by atoms with Crippen LogP contribution in [0.3, 0.4) is 0 Å². The van der Waals surface area contributed by atoms with Crippen LogP contribution in [-0.2, 0) is 13.1 Å². The van der Waals surface area contributed by atoms with Crippen molar-refractivity contribution in [2.75, 3.05) is 0 Å². The molecule has 0 saturated heterocycles. The Morgan fingerprint density at radius 2 is 2.05 bits per heavy atom. The third-order valence-corrected chi connectivity index (χ3v) is 2.94. The largest absolute Gasteiger partial charge is 0.299 e. The highest BCUT2D eigenvalue weighted by atomic mass is 16.1. The van der Waals surface area contributed by atoms with Crippen LogP contribution in [0.5, 0.6) is 0 Å². The molecule has 0 aliphatic carbocycles. The van der Waals surface area contributed by atoms with Crippen LogP contribution in [0.1, 0.15) is 6.42 Å². The molecule has 0 amide bonds. The van der Waals surface area contributed by atoms with E-state index in [0.29, 0.717) is 17.6 Å². The SMILES string of the molecule is O=c1c2cccnc2ncn1CCCn1cccn1. The minimum atomic E-state index is -0.0430. The van der Waals surface area contributed by atoms with Gasteiger partial charge in [0, 0.05) is 31.7 Å². The van der Waals surface area contributed by atoms with Crippen molar-refractivity contribution in [1.29, 1.82) is 0 Å². The van der Waals surface area contributed by atoms with Gasteiger partial charge in [0.1, 0.15) is 0 Å². The van der Waals surface area contributed by atoms with E-state index in [1.165, 1.54) is 0 Å². The maximum Gasteiger partial charge on any atom is 0.262 e. The van der Waals surface area contributed by atoms with Gasteiger partial charge in [0.2, 0.25) is 0 Å². The van der Waals surface area contributed by atoms with Crippen LogP contribution in [0.4, 0.5) is 0 Å². The van der Waals surface area contributed by atoms with Gasteiger partial charge in [0.05, 0.1) is 11.7 Å². The van der Waals surface area contributed by atoms with Crippen LogP contribution in [0.25, 0.3) is 11.0 Å². The first-order chi connectivity index (χ1) is 9.34. The highest BCUT2D eigenvalue weighted by Gasteiger charge is 2.03. The van der Waals surface area contributed by atoms with Crippen molar-refractivity contribution in [3.63, 3.8) is 0 Å². The fourth-order valence-corrected chi connectivity index (χ4v) is 1.99. The third-order valence-electron chi connectivity index (χ3n) is 2.94. The summed E-state index contributed by atoms with van der Waals surface area (Å²) in [5, 5.41) is 4.68. The summed E-state index contributed by atoms with van der Waals surface area (Å²) in [5.41, 5.74) is 0.453. The van der Waals surface area contributed by atoms with Crippen molar-refractivity contribution < 1.29 is 0 Å². The summed E-state index contributed by atoms with van der Waals surface area (Å²) in [5.74, 6) is 0. The molecule has 0 aliphatic heterocycles. The topological polar surface area (TPSA) is 65.6 Å². The molecule has 0 fully saturated rings. The molecule has 6 heteroatoms. The normalized spacial score (nSPS) is 10.9. The minimum Gasteiger partial charge on any atom is -0.299 e. The summed E-state index contributed by atoms with van der Waals surface area (Å²) in [6.07, 6.45) is 7.67. The smallest absolute Gasteiger partial charge is 0.262 e. The van der Waals surface area contributed by atoms with E-state index < -0.39 is 0 Å². The zero-order chi connectivity index (χ0) is 13.1. The van der Waals surface area contributed by atoms with E-state index in [9.17, 15) is 4.79 Å². The first-order valence-corrected chi connectivity index (χ1v) is 6.12. The predicted molar refractivity (Wildman–Crippen MR) is 70.6 cm³/mol. The van der Waals surface area contributed by atoms with E-state index in [4.69, 9.17) is 0 Å². The van der Waals surface area contributed by atoms with Crippen molar-refractivity contribution in [3.05, 3.63) is 53.5 Å². The highest BCUT2D eigenvalue weighted by Crippen LogP contribution is 2.01. The van der Waals surface area contributed by atoms with E-state index in [-0.39, 0.29) is 5.56 Å². The molecule has 0 bridgehead atoms. The number of hydrogen-bond acceptors (Lipinski definition) is 4. The summed E-state index contributed by atoms with van der Waals surface area (Å²) >= 11 is 0. The van der Waals surface area contributed by atoms with Gasteiger partial charge in [-0.25, -0.2) is 9.97 Å². The molecule has 0 radical (unpaired) electrons. The molecule has 0 unspecified atom stereocenters. The van der Waals surface area contributed by atoms with Crippen LogP contribution < -0.4 is 5.56 Å². The molecule has 3 heterocycles. The quantitative estimate of drug-likeness (QED) is 0.699. The van der Waals surface area contributed by atoms with Gasteiger partial charge in [-0.15, -0.1) is 0 Å². The van der Waals surface area contributed by atoms with Crippen molar-refractivity contribution >= 4 is 11.0 Å². The molecule has 3 aromatic heterocycles. The highest BCUT2D eigenvalue weighted by molar-refractivity contribution is 5.72. The van der Waals surface area contributed by atoms with Gasteiger partial charge in [-0.3, -0.25) is 14.0 Å². The van der Waals surface area contributed by atoms with E-state index in [1.54, 1.807) is 35.4 Å². The maximum atomic E-state index is 12.2. The van der Waals surface area contributed by atoms with E-state index >= 15 is 0 Å². The Morgan fingerprint density at radius 1 is 1.11 bits per heavy atom. The Morgan fingerprint density at radius 3 is 2.89 bits per heavy atom. The summed E-state index contributed by atoms with van der Waals surface area (Å²) in [4.78, 5) is 20.4. The zero-order valence-corrected chi connectivity index (χ0v) is 10.3. The fourth-order valence-electron chi connectivity index (χ4n) is 1.99. The summed E-state index contributed by atoms with van der Waals surface area (Å²) in [7, 11) is 0. The first-order valence-electron chi connectivity index (χ1n) is 6.12. The van der Waals surface area contributed by atoms with Crippen LogP contribution >= 0.6 is 0 Å². The molecular formula is C13H13N5O. The monoisotopic (exact) mass is 255 g/mol. The molecular weight excluding hydrogens is 242 g/mol. The van der Waals surface area contributed by atoms with Gasteiger partial charge in [-0.05, 0) is 24.6 Å². The average Bonchev–Trinajstić information content (AvgIpc) is 2.95. The second kappa shape index (κ2) is 5.01. The number of fused-ring (bicyclic) bond motifs is 1. The molecule has 0 saturated carbocycles. The lowest BCUT2D eigenvalue weighted by Gasteiger charge is -2.06. The number of aromatic nitrogens is 5. The van der Waals surface area contributed by atoms with Crippen LogP contribution in [0.15, 0.2) is 47.9 Å². The van der Waals surface area contributed by atoms with Crippen molar-refractivity contribution in [2.45, 2.75) is 19.5 Å². The van der Waals surface area contributed by atoms with Gasteiger partial charge in [0.25, 0.3) is 5.56 Å². The second-order valence-corrected chi connectivity index (χ2v) is 4.24. The van der Waals surface area contributed by atoms with E-state index in [0.717, 1.165) is 13.0 Å². The van der Waals surface area contributed by atoms with E-state index in [1.807, 2.05) is 16.9 Å². The molecule has 19 heavy (non-hydrogen) atoms. The maximum absolute atomic E-state index is 12.2. The van der Waals surface area contributed by atoms with E-state index in [2.05, 4.69) is 15.1 Å². The van der Waals surface area contributed by atoms with Crippen LogP contribution in [0, 0.1) is 0 Å². The van der Waals surface area contributed by atoms with Crippen LogP contribution in [-0.4, -0.2) is 24.3 Å². The lowest BCUT2D eigenvalue weighted by molar-refractivity contribution is 0.518. The Hall–Kier alpha value is -2.50. The zero-order valence-electron chi connectivity index (χ0n) is 10.3. The molecule has 96 valence electrons. The number of hydrogen-bond donors (Lipinski definition) is 0. The minimum absolute atomic E-state index is 0.0430. The molecule has 0 aliphatic rings. The first kappa shape index (κ1) is 11.6. The second-order valence-electron chi connectivity index (χ2n) is 4.24. The third kappa shape index (κ3) is 2.37. The van der Waals surface area contributed by atoms with Crippen molar-refractivity contribution in [2.24, 2.45) is 0 Å². The number of nitrogens with zero attached hydrogens (tertiary/aromatic N) is 5. The Kier molecular flexibility index (Phi) is 3.06. The van der Waals surface area contributed by atoms with Gasteiger partial charge < -0.3 is 0 Å². The van der Waals surface area contributed by atoms with Crippen molar-refractivity contribution in [3.8, 4) is 0 Å². The summed E-state index contributed by atoms with van der Waals surface area (Å²) < 4.78 is 3.47. The molecule has 0 spiro atoms. The lowest BCUT2D eigenvalue weighted by atomic mass is 10.3. The number of pyridine rings is 1. The molecule has 3 rings (SSSR count). The Balaban J connectivity index is 1.78. The average molecular weight is 255 g/mol. The summed E-state index contributed by atoms with van der Waals surface area (Å²) in [6, 6.07) is 5.39. The Bertz CT molecular complexity index is 732. The predicted octanol–water partition coefficient (Wildman–Crippen LogP) is 1.08. The van der Waals surface area contributed by atoms with Gasteiger partial charge in [-0.1, -0.05) is 0 Å². The molecule has 0 aromatic carbocycles. The lowest BCUT2D eigenvalue weighted by Crippen LogP contribution is -2.21. The van der Waals surface area contributed by atoms with Gasteiger partial charge >= 0.3 is 0 Å². The van der Waals surface area contributed by atoms with Gasteiger partial charge in [0.15, 0.2) is 5.65 Å². The van der Waals surface area contributed by atoms with Crippen LogP contribution in [0.2, 0.25) is 0 Å².